The summed E-state index contributed by atoms with van der Waals surface area (Å²) in [6, 6.07) is 15.5. The first-order valence-corrected chi connectivity index (χ1v) is 14.9. The van der Waals surface area contributed by atoms with Gasteiger partial charge in [-0.05, 0) is 79.9 Å². The highest BCUT2D eigenvalue weighted by Crippen LogP contribution is 2.30. The molecule has 4 rings (SSSR count). The van der Waals surface area contributed by atoms with Gasteiger partial charge < -0.3 is 21.3 Å². The van der Waals surface area contributed by atoms with Crippen molar-refractivity contribution in [1.29, 1.82) is 0 Å². The minimum Gasteiger partial charge on any atom is -0.343 e. The lowest BCUT2D eigenvalue weighted by molar-refractivity contribution is -0.137. The lowest BCUT2D eigenvalue weighted by Gasteiger charge is -2.12. The van der Waals surface area contributed by atoms with Crippen LogP contribution in [0.5, 0.6) is 0 Å². The van der Waals surface area contributed by atoms with Crippen molar-refractivity contribution >= 4 is 52.7 Å². The molecule has 0 saturated heterocycles. The normalized spacial score (nSPS) is 15.1. The number of amides is 4. The van der Waals surface area contributed by atoms with Gasteiger partial charge in [-0.15, -0.1) is 0 Å². The topological polar surface area (TPSA) is 141 Å². The van der Waals surface area contributed by atoms with Gasteiger partial charge >= 0.3 is 6.18 Å². The number of alkyl halides is 3. The van der Waals surface area contributed by atoms with Crippen LogP contribution in [-0.2, 0) is 15.8 Å². The number of halogens is 3. The average molecular weight is 659 g/mol. The molecule has 10 nitrogen and oxygen atoms in total. The largest absolute Gasteiger partial charge is 0.416 e. The zero-order valence-corrected chi connectivity index (χ0v) is 26.1. The first kappa shape index (κ1) is 35.0. The van der Waals surface area contributed by atoms with E-state index in [2.05, 4.69) is 32.8 Å². The number of carbonyl (C=O) groups excluding carboxylic acids is 4. The number of anilines is 2. The smallest absolute Gasteiger partial charge is 0.343 e. The van der Waals surface area contributed by atoms with E-state index in [4.69, 9.17) is 4.99 Å². The molecule has 0 saturated carbocycles. The van der Waals surface area contributed by atoms with E-state index in [0.717, 1.165) is 24.3 Å². The van der Waals surface area contributed by atoms with Crippen LogP contribution >= 0.6 is 0 Å². The van der Waals surface area contributed by atoms with E-state index >= 15 is 0 Å². The molecule has 48 heavy (non-hydrogen) atoms. The molecule has 248 valence electrons. The van der Waals surface area contributed by atoms with Gasteiger partial charge in [0.1, 0.15) is 5.84 Å². The second kappa shape index (κ2) is 15.6. The molecule has 0 aliphatic carbocycles. The summed E-state index contributed by atoms with van der Waals surface area (Å²) in [5.41, 5.74) is 1.43. The van der Waals surface area contributed by atoms with Crippen LogP contribution in [0.25, 0.3) is 0 Å². The zero-order chi connectivity index (χ0) is 34.8. The number of nitrogens with one attached hydrogen (secondary N) is 4. The van der Waals surface area contributed by atoms with Gasteiger partial charge in [-0.2, -0.15) is 13.2 Å². The third kappa shape index (κ3) is 9.58. The lowest BCUT2D eigenvalue weighted by atomic mass is 10.0. The van der Waals surface area contributed by atoms with Gasteiger partial charge in [0.05, 0.1) is 29.7 Å². The molecule has 0 bridgehead atoms. The SMILES string of the molecule is C=CC(=O)NCC(=O)Nc1cccc(N=C2N=CC(NC(=O)c3cc(NC(=O)c4cccc(C(F)(F)F)c4)ccc3C)=CCC2CC)c1. The number of amidine groups is 1. The summed E-state index contributed by atoms with van der Waals surface area (Å²) < 4.78 is 39.3. The van der Waals surface area contributed by atoms with Crippen LogP contribution in [0.3, 0.4) is 0 Å². The molecular formula is C35H33F3N6O4. The number of carbonyl (C=O) groups is 4. The summed E-state index contributed by atoms with van der Waals surface area (Å²) in [7, 11) is 0. The number of allylic oxidation sites excluding steroid dienone is 2. The number of rotatable bonds is 10. The third-order valence-electron chi connectivity index (χ3n) is 7.25. The molecule has 0 aromatic heterocycles. The monoisotopic (exact) mass is 658 g/mol. The molecule has 4 N–H and O–H groups in total. The maximum atomic E-state index is 13.3. The van der Waals surface area contributed by atoms with E-state index in [0.29, 0.717) is 41.3 Å². The first-order chi connectivity index (χ1) is 22.9. The standard InChI is InChI=1S/C35H33F3N6O4/c1-4-22-13-15-28(19-40-32(22)42-26-11-7-10-25(17-26)41-31(46)20-39-30(45)5-2)44-34(48)29-18-27(14-12-21(29)3)43-33(47)23-8-6-9-24(16-23)35(36,37)38/h5-12,14-19,22H,2,4,13,20H2,1,3H3,(H,39,45)(H,41,46)(H,43,47)(H,44,48). The predicted molar refractivity (Wildman–Crippen MR) is 178 cm³/mol. The Morgan fingerprint density at radius 1 is 0.958 bits per heavy atom. The summed E-state index contributed by atoms with van der Waals surface area (Å²) >= 11 is 0. The van der Waals surface area contributed by atoms with Crippen LogP contribution in [-0.4, -0.2) is 42.2 Å². The maximum absolute atomic E-state index is 13.3. The quantitative estimate of drug-likeness (QED) is 0.188. The molecule has 1 heterocycles. The van der Waals surface area contributed by atoms with E-state index in [1.54, 1.807) is 43.3 Å². The Labute approximate surface area is 274 Å². The summed E-state index contributed by atoms with van der Waals surface area (Å²) in [5, 5.41) is 10.5. The molecule has 1 aliphatic heterocycles. The summed E-state index contributed by atoms with van der Waals surface area (Å²) in [5.74, 6) is -1.65. The zero-order valence-electron chi connectivity index (χ0n) is 26.1. The highest BCUT2D eigenvalue weighted by atomic mass is 19.4. The van der Waals surface area contributed by atoms with Crippen molar-refractivity contribution < 1.29 is 32.3 Å². The fraction of sp³-hybridized carbons (Fsp3) is 0.200. The van der Waals surface area contributed by atoms with Crippen LogP contribution in [0.4, 0.5) is 30.2 Å². The summed E-state index contributed by atoms with van der Waals surface area (Å²) in [6.45, 7) is 6.83. The predicted octanol–water partition coefficient (Wildman–Crippen LogP) is 6.35. The van der Waals surface area contributed by atoms with Gasteiger partial charge in [0.25, 0.3) is 11.8 Å². The Morgan fingerprint density at radius 3 is 2.44 bits per heavy atom. The molecule has 3 aromatic rings. The molecule has 1 aliphatic rings. The Hall–Kier alpha value is -5.85. The van der Waals surface area contributed by atoms with Gasteiger partial charge in [-0.1, -0.05) is 37.8 Å². The van der Waals surface area contributed by atoms with Crippen LogP contribution in [0.2, 0.25) is 0 Å². The molecule has 1 unspecified atom stereocenters. The van der Waals surface area contributed by atoms with Gasteiger partial charge in [-0.25, -0.2) is 9.98 Å². The molecule has 13 heteroatoms. The van der Waals surface area contributed by atoms with E-state index in [-0.39, 0.29) is 29.3 Å². The minimum absolute atomic E-state index is 0.0702. The molecule has 4 amide bonds. The number of aliphatic imine (C=N–C) groups is 2. The van der Waals surface area contributed by atoms with Crippen LogP contribution in [0, 0.1) is 12.8 Å². The van der Waals surface area contributed by atoms with Crippen molar-refractivity contribution in [3.63, 3.8) is 0 Å². The Morgan fingerprint density at radius 2 is 1.71 bits per heavy atom. The third-order valence-corrected chi connectivity index (χ3v) is 7.25. The van der Waals surface area contributed by atoms with Crippen molar-refractivity contribution in [2.24, 2.45) is 15.9 Å². The number of hydrogen-bond donors (Lipinski definition) is 4. The second-order valence-electron chi connectivity index (χ2n) is 10.8. The molecule has 0 spiro atoms. The van der Waals surface area contributed by atoms with Crippen molar-refractivity contribution in [2.75, 3.05) is 17.2 Å². The van der Waals surface area contributed by atoms with Crippen molar-refractivity contribution in [1.82, 2.24) is 10.6 Å². The van der Waals surface area contributed by atoms with Crippen LogP contribution in [0.1, 0.15) is 51.6 Å². The summed E-state index contributed by atoms with van der Waals surface area (Å²) in [6.07, 6.45) is 1.04. The van der Waals surface area contributed by atoms with E-state index in [1.165, 1.54) is 18.3 Å². The average Bonchev–Trinajstić information content (AvgIpc) is 3.25. The van der Waals surface area contributed by atoms with Crippen molar-refractivity contribution in [2.45, 2.75) is 32.9 Å². The molecule has 3 aromatic carbocycles. The fourth-order valence-corrected chi connectivity index (χ4v) is 4.63. The van der Waals surface area contributed by atoms with E-state index in [1.807, 2.05) is 13.0 Å². The van der Waals surface area contributed by atoms with E-state index in [9.17, 15) is 32.3 Å². The van der Waals surface area contributed by atoms with E-state index < -0.39 is 35.4 Å². The molecular weight excluding hydrogens is 625 g/mol. The molecule has 0 fully saturated rings. The number of aryl methyl sites for hydroxylation is 1. The van der Waals surface area contributed by atoms with Gasteiger partial charge in [0.2, 0.25) is 11.8 Å². The Kier molecular flexibility index (Phi) is 11.4. The highest BCUT2D eigenvalue weighted by Gasteiger charge is 2.31. The molecule has 0 radical (unpaired) electrons. The second-order valence-corrected chi connectivity index (χ2v) is 10.8. The van der Waals surface area contributed by atoms with Crippen LogP contribution < -0.4 is 21.3 Å². The lowest BCUT2D eigenvalue weighted by Crippen LogP contribution is -2.31. The number of benzene rings is 3. The van der Waals surface area contributed by atoms with Crippen molar-refractivity contribution in [3.05, 3.63) is 113 Å². The summed E-state index contributed by atoms with van der Waals surface area (Å²) in [4.78, 5) is 58.8. The number of nitrogens with zero attached hydrogens (tertiary/aromatic N) is 2. The van der Waals surface area contributed by atoms with Crippen molar-refractivity contribution in [3.8, 4) is 0 Å². The minimum atomic E-state index is -4.59. The van der Waals surface area contributed by atoms with Gasteiger partial charge in [0, 0.05) is 28.4 Å². The highest BCUT2D eigenvalue weighted by molar-refractivity contribution is 6.07. The fourth-order valence-electron chi connectivity index (χ4n) is 4.63. The van der Waals surface area contributed by atoms with Gasteiger partial charge in [0.15, 0.2) is 0 Å². The Bertz CT molecular complexity index is 1830. The van der Waals surface area contributed by atoms with Crippen LogP contribution in [0.15, 0.2) is 101 Å². The maximum Gasteiger partial charge on any atom is 0.416 e. The Balaban J connectivity index is 1.45. The van der Waals surface area contributed by atoms with Gasteiger partial charge in [-0.3, -0.25) is 19.2 Å². The number of hydrogen-bond acceptors (Lipinski definition) is 5. The first-order valence-electron chi connectivity index (χ1n) is 14.9. The molecule has 1 atom stereocenters.